The fraction of sp³-hybridized carbons (Fsp3) is 0.273. The average molecular weight is 220 g/mol. The van der Waals surface area contributed by atoms with Crippen LogP contribution in [0.5, 0.6) is 0 Å². The quantitative estimate of drug-likeness (QED) is 0.741. The molecule has 4 heteroatoms. The van der Waals surface area contributed by atoms with Crippen molar-refractivity contribution in [3.63, 3.8) is 0 Å². The van der Waals surface area contributed by atoms with Gasteiger partial charge in [0.05, 0.1) is 12.5 Å². The van der Waals surface area contributed by atoms with Gasteiger partial charge >= 0.3 is 0 Å². The van der Waals surface area contributed by atoms with E-state index in [1.807, 2.05) is 12.4 Å². The molecule has 0 spiro atoms. The van der Waals surface area contributed by atoms with Gasteiger partial charge in [0.25, 0.3) is 0 Å². The van der Waals surface area contributed by atoms with Crippen molar-refractivity contribution in [2.45, 2.75) is 12.8 Å². The van der Waals surface area contributed by atoms with Crippen LogP contribution in [-0.4, -0.2) is 15.3 Å². The number of carbonyl (C=O) groups is 1. The maximum Gasteiger partial charge on any atom is 0.181 e. The zero-order chi connectivity index (χ0) is 10.7. The van der Waals surface area contributed by atoms with Gasteiger partial charge in [-0.1, -0.05) is 0 Å². The number of carbonyl (C=O) groups excluding carboxylic acids is 1. The highest BCUT2D eigenvalue weighted by Crippen LogP contribution is 2.10. The zero-order valence-electron chi connectivity index (χ0n) is 8.51. The molecule has 0 bridgehead atoms. The summed E-state index contributed by atoms with van der Waals surface area (Å²) >= 11 is 1.66. The lowest BCUT2D eigenvalue weighted by Gasteiger charge is -2.00. The third-order valence-electron chi connectivity index (χ3n) is 2.32. The number of hydrogen-bond donors (Lipinski definition) is 0. The third-order valence-corrected chi connectivity index (χ3v) is 3.06. The van der Waals surface area contributed by atoms with Crippen LogP contribution >= 0.6 is 11.3 Å². The molecule has 2 heterocycles. The summed E-state index contributed by atoms with van der Waals surface area (Å²) in [7, 11) is 1.84. The SMILES string of the molecule is Cn1cncc1C(=O)CCc1ccsc1. The summed E-state index contributed by atoms with van der Waals surface area (Å²) in [6.07, 6.45) is 4.64. The van der Waals surface area contributed by atoms with Crippen molar-refractivity contribution in [1.29, 1.82) is 0 Å². The lowest BCUT2D eigenvalue weighted by atomic mass is 10.1. The molecule has 0 aliphatic carbocycles. The van der Waals surface area contributed by atoms with Crippen LogP contribution in [0.4, 0.5) is 0 Å². The third kappa shape index (κ3) is 2.33. The number of rotatable bonds is 4. The Morgan fingerprint density at radius 2 is 2.47 bits per heavy atom. The summed E-state index contributed by atoms with van der Waals surface area (Å²) in [4.78, 5) is 15.7. The van der Waals surface area contributed by atoms with E-state index in [1.54, 1.807) is 28.4 Å². The molecule has 0 radical (unpaired) electrons. The van der Waals surface area contributed by atoms with Crippen LogP contribution < -0.4 is 0 Å². The van der Waals surface area contributed by atoms with Gasteiger partial charge in [-0.3, -0.25) is 4.79 Å². The van der Waals surface area contributed by atoms with Gasteiger partial charge in [0.15, 0.2) is 5.78 Å². The van der Waals surface area contributed by atoms with Gasteiger partial charge < -0.3 is 4.57 Å². The van der Waals surface area contributed by atoms with E-state index in [2.05, 4.69) is 16.4 Å². The first-order valence-corrected chi connectivity index (χ1v) is 5.72. The molecule has 15 heavy (non-hydrogen) atoms. The number of aromatic nitrogens is 2. The molecule has 0 fully saturated rings. The highest BCUT2D eigenvalue weighted by atomic mass is 32.1. The summed E-state index contributed by atoms with van der Waals surface area (Å²) in [6.45, 7) is 0. The first-order valence-electron chi connectivity index (χ1n) is 4.78. The van der Waals surface area contributed by atoms with E-state index in [0.717, 1.165) is 6.42 Å². The predicted octanol–water partition coefficient (Wildman–Crippen LogP) is 2.30. The lowest BCUT2D eigenvalue weighted by molar-refractivity contribution is 0.0975. The number of nitrogens with zero attached hydrogens (tertiary/aromatic N) is 2. The van der Waals surface area contributed by atoms with Gasteiger partial charge in [0, 0.05) is 13.5 Å². The van der Waals surface area contributed by atoms with E-state index in [-0.39, 0.29) is 5.78 Å². The van der Waals surface area contributed by atoms with Gasteiger partial charge in [-0.05, 0) is 28.8 Å². The second-order valence-electron chi connectivity index (χ2n) is 3.44. The van der Waals surface area contributed by atoms with Crippen LogP contribution in [0.15, 0.2) is 29.4 Å². The normalized spacial score (nSPS) is 10.5. The van der Waals surface area contributed by atoms with Crippen molar-refractivity contribution < 1.29 is 4.79 Å². The van der Waals surface area contributed by atoms with Crippen LogP contribution in [0.3, 0.4) is 0 Å². The smallest absolute Gasteiger partial charge is 0.181 e. The summed E-state index contributed by atoms with van der Waals surface area (Å²) in [5.41, 5.74) is 1.92. The number of Topliss-reactive ketones (excluding diaryl/α,β-unsaturated/α-hetero) is 1. The highest BCUT2D eigenvalue weighted by molar-refractivity contribution is 7.07. The van der Waals surface area contributed by atoms with Crippen LogP contribution in [0.1, 0.15) is 22.5 Å². The van der Waals surface area contributed by atoms with Crippen LogP contribution in [-0.2, 0) is 13.5 Å². The molecule has 0 unspecified atom stereocenters. The largest absolute Gasteiger partial charge is 0.331 e. The van der Waals surface area contributed by atoms with Gasteiger partial charge in [-0.25, -0.2) is 4.98 Å². The number of thiophene rings is 1. The molecule has 3 nitrogen and oxygen atoms in total. The Morgan fingerprint density at radius 1 is 1.60 bits per heavy atom. The first-order chi connectivity index (χ1) is 7.27. The molecule has 0 amide bonds. The minimum Gasteiger partial charge on any atom is -0.331 e. The number of aryl methyl sites for hydroxylation is 2. The van der Waals surface area contributed by atoms with Crippen molar-refractivity contribution in [2.24, 2.45) is 7.05 Å². The van der Waals surface area contributed by atoms with Gasteiger partial charge in [0.2, 0.25) is 0 Å². The zero-order valence-corrected chi connectivity index (χ0v) is 9.33. The molecule has 0 saturated carbocycles. The highest BCUT2D eigenvalue weighted by Gasteiger charge is 2.09. The molecule has 2 rings (SSSR count). The van der Waals surface area contributed by atoms with Crippen LogP contribution in [0.25, 0.3) is 0 Å². The van der Waals surface area contributed by atoms with Crippen molar-refractivity contribution in [3.05, 3.63) is 40.6 Å². The van der Waals surface area contributed by atoms with E-state index >= 15 is 0 Å². The molecular formula is C11H12N2OS. The minimum atomic E-state index is 0.154. The second kappa shape index (κ2) is 4.40. The standard InChI is InChI=1S/C11H12N2OS/c1-13-8-12-6-10(13)11(14)3-2-9-4-5-15-7-9/h4-8H,2-3H2,1H3. The molecule has 0 N–H and O–H groups in total. The number of ketones is 1. The Morgan fingerprint density at radius 3 is 3.07 bits per heavy atom. The first kappa shape index (κ1) is 10.1. The van der Waals surface area contributed by atoms with Crippen LogP contribution in [0.2, 0.25) is 0 Å². The van der Waals surface area contributed by atoms with Crippen molar-refractivity contribution in [3.8, 4) is 0 Å². The Bertz CT molecular complexity index is 445. The molecule has 78 valence electrons. The van der Waals surface area contributed by atoms with Gasteiger partial charge in [-0.2, -0.15) is 11.3 Å². The molecule has 2 aromatic rings. The van der Waals surface area contributed by atoms with Gasteiger partial charge in [-0.15, -0.1) is 0 Å². The molecule has 0 aromatic carbocycles. The topological polar surface area (TPSA) is 34.9 Å². The average Bonchev–Trinajstić information content (AvgIpc) is 2.84. The second-order valence-corrected chi connectivity index (χ2v) is 4.22. The molecule has 0 atom stereocenters. The predicted molar refractivity (Wildman–Crippen MR) is 60.2 cm³/mol. The van der Waals surface area contributed by atoms with E-state index in [4.69, 9.17) is 0 Å². The monoisotopic (exact) mass is 220 g/mol. The molecule has 2 aromatic heterocycles. The minimum absolute atomic E-state index is 0.154. The van der Waals surface area contributed by atoms with Crippen molar-refractivity contribution in [2.75, 3.05) is 0 Å². The Kier molecular flexibility index (Phi) is 2.97. The fourth-order valence-electron chi connectivity index (χ4n) is 1.45. The molecule has 0 aliphatic rings. The van der Waals surface area contributed by atoms with Crippen molar-refractivity contribution in [1.82, 2.24) is 9.55 Å². The van der Waals surface area contributed by atoms with E-state index < -0.39 is 0 Å². The van der Waals surface area contributed by atoms with Crippen molar-refractivity contribution >= 4 is 17.1 Å². The number of imidazole rings is 1. The van der Waals surface area contributed by atoms with E-state index in [0.29, 0.717) is 12.1 Å². The fourth-order valence-corrected chi connectivity index (χ4v) is 2.15. The summed E-state index contributed by atoms with van der Waals surface area (Å²) in [5, 5.41) is 4.11. The summed E-state index contributed by atoms with van der Waals surface area (Å²) in [5.74, 6) is 0.154. The maximum absolute atomic E-state index is 11.8. The van der Waals surface area contributed by atoms with E-state index in [1.165, 1.54) is 5.56 Å². The molecular weight excluding hydrogens is 208 g/mol. The number of hydrogen-bond acceptors (Lipinski definition) is 3. The van der Waals surface area contributed by atoms with E-state index in [9.17, 15) is 4.79 Å². The maximum atomic E-state index is 11.8. The Hall–Kier alpha value is -1.42. The molecule has 0 aliphatic heterocycles. The Balaban J connectivity index is 1.96. The summed E-state index contributed by atoms with van der Waals surface area (Å²) in [6, 6.07) is 2.06. The Labute approximate surface area is 92.4 Å². The van der Waals surface area contributed by atoms with Crippen LogP contribution in [0, 0.1) is 0 Å². The summed E-state index contributed by atoms with van der Waals surface area (Å²) < 4.78 is 1.76. The van der Waals surface area contributed by atoms with Gasteiger partial charge in [0.1, 0.15) is 5.69 Å². The molecule has 0 saturated heterocycles. The lowest BCUT2D eigenvalue weighted by Crippen LogP contribution is -2.06.